The van der Waals surface area contributed by atoms with Gasteiger partial charge >= 0.3 is 6.18 Å². The van der Waals surface area contributed by atoms with Gasteiger partial charge in [0, 0.05) is 26.0 Å². The molecule has 11 heteroatoms. The fourth-order valence-electron chi connectivity index (χ4n) is 3.17. The predicted octanol–water partition coefficient (Wildman–Crippen LogP) is 1.85. The average molecular weight is 423 g/mol. The molecular formula is C19H20F3N5O3. The van der Waals surface area contributed by atoms with Crippen LogP contribution in [0.5, 0.6) is 0 Å². The number of carbonyl (C=O) groups excluding carboxylic acids is 1. The number of nitrogens with zero attached hydrogens (tertiary/aromatic N) is 4. The third-order valence-corrected chi connectivity index (χ3v) is 4.80. The highest BCUT2D eigenvalue weighted by Crippen LogP contribution is 2.41. The number of imidazole rings is 1. The van der Waals surface area contributed by atoms with Gasteiger partial charge in [0.15, 0.2) is 5.82 Å². The molecule has 8 nitrogen and oxygen atoms in total. The van der Waals surface area contributed by atoms with E-state index in [0.717, 1.165) is 15.7 Å². The maximum Gasteiger partial charge on any atom is 0.425 e. The Morgan fingerprint density at radius 1 is 1.30 bits per heavy atom. The largest absolute Gasteiger partial charge is 0.425 e. The summed E-state index contributed by atoms with van der Waals surface area (Å²) in [6.07, 6.45) is -4.03. The van der Waals surface area contributed by atoms with Crippen LogP contribution in [0.3, 0.4) is 0 Å². The van der Waals surface area contributed by atoms with Gasteiger partial charge in [0.2, 0.25) is 11.5 Å². The third kappa shape index (κ3) is 3.92. The molecule has 160 valence electrons. The summed E-state index contributed by atoms with van der Waals surface area (Å²) in [5.74, 6) is -1.52. The molecule has 0 saturated heterocycles. The summed E-state index contributed by atoms with van der Waals surface area (Å²) in [6, 6.07) is 6.58. The van der Waals surface area contributed by atoms with Crippen LogP contribution in [0, 0.1) is 0 Å². The van der Waals surface area contributed by atoms with E-state index in [0.29, 0.717) is 10.9 Å². The van der Waals surface area contributed by atoms with E-state index in [-0.39, 0.29) is 18.9 Å². The molecule has 0 aliphatic carbocycles. The van der Waals surface area contributed by atoms with E-state index < -0.39 is 35.5 Å². The minimum absolute atomic E-state index is 0.0455. The van der Waals surface area contributed by atoms with Crippen LogP contribution in [0.1, 0.15) is 25.0 Å². The van der Waals surface area contributed by atoms with Crippen LogP contribution in [-0.4, -0.2) is 48.2 Å². The van der Waals surface area contributed by atoms with Gasteiger partial charge in [-0.3, -0.25) is 9.59 Å². The van der Waals surface area contributed by atoms with Crippen molar-refractivity contribution in [3.05, 3.63) is 58.7 Å². The number of amides is 1. The first-order valence-electron chi connectivity index (χ1n) is 9.09. The third-order valence-electron chi connectivity index (χ3n) is 4.80. The Morgan fingerprint density at radius 3 is 2.60 bits per heavy atom. The lowest BCUT2D eigenvalue weighted by Crippen LogP contribution is -2.48. The van der Waals surface area contributed by atoms with Crippen molar-refractivity contribution in [3.63, 3.8) is 0 Å². The summed E-state index contributed by atoms with van der Waals surface area (Å²) in [5.41, 5.74) is -3.47. The van der Waals surface area contributed by atoms with Gasteiger partial charge in [0.25, 0.3) is 5.56 Å². The number of hydrogen-bond acceptors (Lipinski definition) is 5. The van der Waals surface area contributed by atoms with Crippen LogP contribution in [0.4, 0.5) is 13.2 Å². The summed E-state index contributed by atoms with van der Waals surface area (Å²) < 4.78 is 42.1. The molecule has 30 heavy (non-hydrogen) atoms. The molecule has 3 aromatic rings. The van der Waals surface area contributed by atoms with E-state index in [4.69, 9.17) is 0 Å². The summed E-state index contributed by atoms with van der Waals surface area (Å²) in [5, 5.41) is 10.8. The zero-order chi connectivity index (χ0) is 22.1. The zero-order valence-electron chi connectivity index (χ0n) is 16.3. The number of benzene rings is 1. The Bertz CT molecular complexity index is 1120. The Labute approximate surface area is 169 Å². The average Bonchev–Trinajstić information content (AvgIpc) is 3.11. The second kappa shape index (κ2) is 7.90. The molecular weight excluding hydrogens is 403 g/mol. The molecule has 1 unspecified atom stereocenters. The lowest BCUT2D eigenvalue weighted by Gasteiger charge is -2.31. The first-order valence-corrected chi connectivity index (χ1v) is 9.09. The number of nitrogens with one attached hydrogen (secondary N) is 1. The highest BCUT2D eigenvalue weighted by atomic mass is 19.4. The molecule has 0 aliphatic rings. The molecule has 1 atom stereocenters. The predicted molar refractivity (Wildman–Crippen MR) is 101 cm³/mol. The number of alkyl halides is 3. The fourth-order valence-corrected chi connectivity index (χ4v) is 3.17. The molecule has 0 spiro atoms. The Balaban J connectivity index is 1.89. The number of H-pyrrole nitrogens is 1. The molecule has 0 saturated carbocycles. The van der Waals surface area contributed by atoms with Crippen LogP contribution >= 0.6 is 0 Å². The molecule has 0 radical (unpaired) electrons. The first kappa shape index (κ1) is 21.5. The number of aromatic amines is 1. The van der Waals surface area contributed by atoms with Crippen molar-refractivity contribution in [3.8, 4) is 0 Å². The number of aromatic nitrogens is 4. The number of halogens is 3. The maximum absolute atomic E-state index is 13.7. The van der Waals surface area contributed by atoms with Crippen LogP contribution in [0.2, 0.25) is 0 Å². The van der Waals surface area contributed by atoms with Crippen molar-refractivity contribution in [1.29, 1.82) is 0 Å². The number of rotatable bonds is 6. The molecule has 3 rings (SSSR count). The number of aliphatic hydroxyl groups is 1. The lowest BCUT2D eigenvalue weighted by atomic mass is 9.96. The van der Waals surface area contributed by atoms with Gasteiger partial charge in [-0.2, -0.15) is 13.2 Å². The fraction of sp³-hybridized carbons (Fsp3) is 0.368. The zero-order valence-corrected chi connectivity index (χ0v) is 16.3. The van der Waals surface area contributed by atoms with Gasteiger partial charge in [-0.15, -0.1) is 0 Å². The van der Waals surface area contributed by atoms with Gasteiger partial charge in [-0.1, -0.05) is 12.1 Å². The maximum atomic E-state index is 13.7. The smallest absolute Gasteiger partial charge is 0.374 e. The van der Waals surface area contributed by atoms with E-state index in [1.165, 1.54) is 13.2 Å². The van der Waals surface area contributed by atoms with E-state index in [1.807, 2.05) is 0 Å². The van der Waals surface area contributed by atoms with Crippen molar-refractivity contribution in [2.24, 2.45) is 7.05 Å². The molecule has 2 aromatic heterocycles. The van der Waals surface area contributed by atoms with Crippen LogP contribution < -0.4 is 5.56 Å². The topological polar surface area (TPSA) is 104 Å². The van der Waals surface area contributed by atoms with E-state index in [9.17, 15) is 27.9 Å². The van der Waals surface area contributed by atoms with Gasteiger partial charge in [0.05, 0.1) is 23.9 Å². The second-order valence-electron chi connectivity index (χ2n) is 6.83. The molecule has 1 amide bonds. The van der Waals surface area contributed by atoms with E-state index in [2.05, 4.69) is 15.0 Å². The molecule has 0 bridgehead atoms. The number of aryl methyl sites for hydroxylation is 1. The highest BCUT2D eigenvalue weighted by molar-refractivity contribution is 5.78. The second-order valence-corrected chi connectivity index (χ2v) is 6.83. The normalized spacial score (nSPS) is 13.9. The van der Waals surface area contributed by atoms with Gasteiger partial charge in [-0.25, -0.2) is 9.97 Å². The molecule has 2 heterocycles. The SMILES string of the molecule is CCN(Cc1nc2ccccc2c(=O)[nH]1)C(=O)CC(O)(c1nccn1C)C(F)(F)F. The summed E-state index contributed by atoms with van der Waals surface area (Å²) in [4.78, 5) is 36.4. The van der Waals surface area contributed by atoms with Crippen molar-refractivity contribution in [2.45, 2.75) is 31.7 Å². The number of carbonyl (C=O) groups is 1. The standard InChI is InChI=1S/C19H20F3N5O3/c1-3-27(11-14-24-13-7-5-4-6-12(13)16(29)25-14)15(28)10-18(30,19(20,21)22)17-23-8-9-26(17)2/h4-9,30H,3,10-11H2,1-2H3,(H,24,25,29). The van der Waals surface area contributed by atoms with Crippen LogP contribution in [-0.2, 0) is 24.0 Å². The molecule has 0 fully saturated rings. The Morgan fingerprint density at radius 2 is 2.00 bits per heavy atom. The molecule has 1 aromatic carbocycles. The van der Waals surface area contributed by atoms with Crippen molar-refractivity contribution >= 4 is 16.8 Å². The van der Waals surface area contributed by atoms with Gasteiger partial charge < -0.3 is 19.6 Å². The monoisotopic (exact) mass is 423 g/mol. The quantitative estimate of drug-likeness (QED) is 0.630. The summed E-state index contributed by atoms with van der Waals surface area (Å²) in [6.45, 7) is 1.40. The molecule has 2 N–H and O–H groups in total. The van der Waals surface area contributed by atoms with Crippen molar-refractivity contribution in [2.75, 3.05) is 6.54 Å². The highest BCUT2D eigenvalue weighted by Gasteiger charge is 2.59. The minimum Gasteiger partial charge on any atom is -0.374 e. The van der Waals surface area contributed by atoms with E-state index >= 15 is 0 Å². The molecule has 0 aliphatic heterocycles. The number of fused-ring (bicyclic) bond motifs is 1. The van der Waals surface area contributed by atoms with Gasteiger partial charge in [0.1, 0.15) is 5.82 Å². The van der Waals surface area contributed by atoms with Gasteiger partial charge in [-0.05, 0) is 19.1 Å². The minimum atomic E-state index is -5.13. The number of para-hydroxylation sites is 1. The van der Waals surface area contributed by atoms with E-state index in [1.54, 1.807) is 31.2 Å². The number of hydrogen-bond donors (Lipinski definition) is 2. The van der Waals surface area contributed by atoms with Crippen molar-refractivity contribution in [1.82, 2.24) is 24.4 Å². The van der Waals surface area contributed by atoms with Crippen LogP contribution in [0.25, 0.3) is 10.9 Å². The first-order chi connectivity index (χ1) is 14.1. The van der Waals surface area contributed by atoms with Crippen LogP contribution in [0.15, 0.2) is 41.5 Å². The summed E-state index contributed by atoms with van der Waals surface area (Å²) in [7, 11) is 1.30. The lowest BCUT2D eigenvalue weighted by molar-refractivity contribution is -0.272. The Kier molecular flexibility index (Phi) is 5.66. The van der Waals surface area contributed by atoms with Crippen molar-refractivity contribution < 1.29 is 23.1 Å². The Hall–Kier alpha value is -3.21. The summed E-state index contributed by atoms with van der Waals surface area (Å²) >= 11 is 0.